The fourth-order valence-electron chi connectivity index (χ4n) is 2.92. The SMILES string of the molecule is Cc1c(-c2ccccc2)oc2c3c(ccc2c1=O)OCC(C#N)=C3. The Bertz CT molecular complexity index is 1090. The average Bonchev–Trinajstić information content (AvgIpc) is 2.64. The van der Waals surface area contributed by atoms with Crippen LogP contribution in [0.25, 0.3) is 28.4 Å². The summed E-state index contributed by atoms with van der Waals surface area (Å²) in [7, 11) is 0. The zero-order valence-electron chi connectivity index (χ0n) is 13.0. The van der Waals surface area contributed by atoms with Crippen LogP contribution in [0.15, 0.2) is 57.2 Å². The maximum Gasteiger partial charge on any atom is 0.196 e. The van der Waals surface area contributed by atoms with Crippen LogP contribution < -0.4 is 10.2 Å². The maximum atomic E-state index is 12.8. The molecule has 24 heavy (non-hydrogen) atoms. The third kappa shape index (κ3) is 2.10. The largest absolute Gasteiger partial charge is 0.487 e. The predicted octanol–water partition coefficient (Wildman–Crippen LogP) is 4.07. The summed E-state index contributed by atoms with van der Waals surface area (Å²) in [5.74, 6) is 1.16. The number of hydrogen-bond acceptors (Lipinski definition) is 4. The van der Waals surface area contributed by atoms with E-state index in [1.165, 1.54) is 0 Å². The van der Waals surface area contributed by atoms with Gasteiger partial charge >= 0.3 is 0 Å². The van der Waals surface area contributed by atoms with Crippen molar-refractivity contribution in [2.45, 2.75) is 6.92 Å². The van der Waals surface area contributed by atoms with Crippen molar-refractivity contribution in [2.24, 2.45) is 0 Å². The van der Waals surface area contributed by atoms with Crippen LogP contribution in [0.3, 0.4) is 0 Å². The molecule has 2 aromatic carbocycles. The van der Waals surface area contributed by atoms with Gasteiger partial charge in [-0.15, -0.1) is 0 Å². The first kappa shape index (κ1) is 14.3. The lowest BCUT2D eigenvalue weighted by Crippen LogP contribution is -2.11. The second-order valence-corrected chi connectivity index (χ2v) is 5.68. The van der Waals surface area contributed by atoms with E-state index in [0.29, 0.717) is 39.2 Å². The Morgan fingerprint density at radius 3 is 2.67 bits per heavy atom. The van der Waals surface area contributed by atoms with Crippen molar-refractivity contribution >= 4 is 17.0 Å². The van der Waals surface area contributed by atoms with Gasteiger partial charge in [-0.1, -0.05) is 30.3 Å². The monoisotopic (exact) mass is 315 g/mol. The molecular formula is C20H13NO3. The summed E-state index contributed by atoms with van der Waals surface area (Å²) in [5, 5.41) is 9.62. The van der Waals surface area contributed by atoms with E-state index in [9.17, 15) is 4.79 Å². The van der Waals surface area contributed by atoms with Crippen molar-refractivity contribution < 1.29 is 9.15 Å². The van der Waals surface area contributed by atoms with Gasteiger partial charge in [-0.05, 0) is 25.1 Å². The van der Waals surface area contributed by atoms with Gasteiger partial charge in [0, 0.05) is 11.1 Å². The second-order valence-electron chi connectivity index (χ2n) is 5.68. The second kappa shape index (κ2) is 5.39. The summed E-state index contributed by atoms with van der Waals surface area (Å²) < 4.78 is 11.7. The minimum absolute atomic E-state index is 0.0737. The lowest BCUT2D eigenvalue weighted by molar-refractivity contribution is 0.351. The minimum Gasteiger partial charge on any atom is -0.487 e. The van der Waals surface area contributed by atoms with Gasteiger partial charge in [-0.25, -0.2) is 0 Å². The van der Waals surface area contributed by atoms with Gasteiger partial charge in [-0.3, -0.25) is 4.79 Å². The molecule has 0 saturated carbocycles. The number of fused-ring (bicyclic) bond motifs is 3. The normalized spacial score (nSPS) is 12.9. The molecular weight excluding hydrogens is 302 g/mol. The summed E-state index contributed by atoms with van der Waals surface area (Å²) in [6.45, 7) is 2.00. The van der Waals surface area contributed by atoms with Crippen LogP contribution in [0.2, 0.25) is 0 Å². The molecule has 0 atom stereocenters. The molecule has 0 unspecified atom stereocenters. The summed E-state index contributed by atoms with van der Waals surface area (Å²) in [6, 6.07) is 15.1. The molecule has 2 heterocycles. The Morgan fingerprint density at radius 2 is 1.92 bits per heavy atom. The van der Waals surface area contributed by atoms with Gasteiger partial charge in [0.1, 0.15) is 23.7 Å². The van der Waals surface area contributed by atoms with E-state index >= 15 is 0 Å². The van der Waals surface area contributed by atoms with Gasteiger partial charge in [0.15, 0.2) is 5.43 Å². The number of nitriles is 1. The van der Waals surface area contributed by atoms with Gasteiger partial charge in [0.25, 0.3) is 0 Å². The Kier molecular flexibility index (Phi) is 3.21. The van der Waals surface area contributed by atoms with Crippen LogP contribution >= 0.6 is 0 Å². The van der Waals surface area contributed by atoms with Crippen LogP contribution in [-0.2, 0) is 0 Å². The number of benzene rings is 2. The molecule has 116 valence electrons. The predicted molar refractivity (Wildman–Crippen MR) is 91.7 cm³/mol. The third-order valence-corrected chi connectivity index (χ3v) is 4.17. The lowest BCUT2D eigenvalue weighted by atomic mass is 10.0. The van der Waals surface area contributed by atoms with Crippen LogP contribution in [0.1, 0.15) is 11.1 Å². The molecule has 0 spiro atoms. The molecule has 1 aliphatic rings. The highest BCUT2D eigenvalue weighted by Gasteiger charge is 2.20. The number of rotatable bonds is 1. The van der Waals surface area contributed by atoms with E-state index in [-0.39, 0.29) is 12.0 Å². The molecule has 3 aromatic rings. The lowest BCUT2D eigenvalue weighted by Gasteiger charge is -2.16. The average molecular weight is 315 g/mol. The minimum atomic E-state index is -0.0737. The van der Waals surface area contributed by atoms with Crippen molar-refractivity contribution in [2.75, 3.05) is 6.61 Å². The molecule has 0 bridgehead atoms. The summed E-state index contributed by atoms with van der Waals surface area (Å²) in [5.41, 5.74) is 2.93. The molecule has 0 amide bonds. The van der Waals surface area contributed by atoms with Crippen molar-refractivity contribution in [3.05, 3.63) is 69.4 Å². The van der Waals surface area contributed by atoms with Gasteiger partial charge in [0.2, 0.25) is 0 Å². The molecule has 0 aliphatic carbocycles. The molecule has 1 aromatic heterocycles. The molecule has 0 radical (unpaired) electrons. The smallest absolute Gasteiger partial charge is 0.196 e. The zero-order chi connectivity index (χ0) is 16.7. The summed E-state index contributed by atoms with van der Waals surface area (Å²) in [4.78, 5) is 12.8. The van der Waals surface area contributed by atoms with Gasteiger partial charge in [0.05, 0.1) is 22.6 Å². The van der Waals surface area contributed by atoms with E-state index in [1.807, 2.05) is 30.3 Å². The quantitative estimate of drug-likeness (QED) is 0.679. The van der Waals surface area contributed by atoms with Crippen molar-refractivity contribution in [1.29, 1.82) is 5.26 Å². The van der Waals surface area contributed by atoms with Crippen LogP contribution in [0.5, 0.6) is 5.75 Å². The third-order valence-electron chi connectivity index (χ3n) is 4.17. The van der Waals surface area contributed by atoms with Crippen molar-refractivity contribution in [3.63, 3.8) is 0 Å². The first-order valence-electron chi connectivity index (χ1n) is 7.58. The van der Waals surface area contributed by atoms with Gasteiger partial charge in [-0.2, -0.15) is 5.26 Å². The number of ether oxygens (including phenoxy) is 1. The van der Waals surface area contributed by atoms with E-state index in [4.69, 9.17) is 14.4 Å². The highest BCUT2D eigenvalue weighted by molar-refractivity contribution is 5.91. The van der Waals surface area contributed by atoms with Crippen LogP contribution in [0.4, 0.5) is 0 Å². The number of nitrogens with zero attached hydrogens (tertiary/aromatic N) is 1. The highest BCUT2D eigenvalue weighted by atomic mass is 16.5. The fourth-order valence-corrected chi connectivity index (χ4v) is 2.92. The Hall–Kier alpha value is -3.32. The summed E-state index contributed by atoms with van der Waals surface area (Å²) >= 11 is 0. The highest BCUT2D eigenvalue weighted by Crippen LogP contribution is 2.35. The number of hydrogen-bond donors (Lipinski definition) is 0. The zero-order valence-corrected chi connectivity index (χ0v) is 13.0. The van der Waals surface area contributed by atoms with E-state index in [0.717, 1.165) is 5.56 Å². The van der Waals surface area contributed by atoms with Crippen molar-refractivity contribution in [3.8, 4) is 23.1 Å². The Labute approximate surface area is 138 Å². The Balaban J connectivity index is 2.09. The molecule has 0 fully saturated rings. The van der Waals surface area contributed by atoms with E-state index < -0.39 is 0 Å². The maximum absolute atomic E-state index is 12.8. The molecule has 4 nitrogen and oxygen atoms in total. The topological polar surface area (TPSA) is 63.2 Å². The van der Waals surface area contributed by atoms with Crippen LogP contribution in [0, 0.1) is 18.3 Å². The first-order chi connectivity index (χ1) is 11.7. The fraction of sp³-hybridized carbons (Fsp3) is 0.100. The van der Waals surface area contributed by atoms with E-state index in [2.05, 4.69) is 6.07 Å². The van der Waals surface area contributed by atoms with Crippen LogP contribution in [-0.4, -0.2) is 6.61 Å². The Morgan fingerprint density at radius 1 is 1.12 bits per heavy atom. The molecule has 1 aliphatic heterocycles. The first-order valence-corrected chi connectivity index (χ1v) is 7.58. The molecule has 4 heteroatoms. The summed E-state index contributed by atoms with van der Waals surface area (Å²) in [6.07, 6.45) is 1.73. The molecule has 4 rings (SSSR count). The van der Waals surface area contributed by atoms with Crippen molar-refractivity contribution in [1.82, 2.24) is 0 Å². The molecule has 0 saturated heterocycles. The van der Waals surface area contributed by atoms with Gasteiger partial charge < -0.3 is 9.15 Å². The molecule has 0 N–H and O–H groups in total. The van der Waals surface area contributed by atoms with E-state index in [1.54, 1.807) is 25.1 Å². The standard InChI is InChI=1S/C20H13NO3/c1-12-18(22)15-7-8-17-16(9-13(10-21)11-23-17)20(15)24-19(12)14-5-3-2-4-6-14/h2-9H,11H2,1H3.